The Labute approximate surface area is 117 Å². The molecular weight excluding hydrogens is 260 g/mol. The van der Waals surface area contributed by atoms with Gasteiger partial charge in [0.1, 0.15) is 17.3 Å². The predicted octanol–water partition coefficient (Wildman–Crippen LogP) is 2.74. The fourth-order valence-corrected chi connectivity index (χ4v) is 2.56. The van der Waals surface area contributed by atoms with Gasteiger partial charge in [-0.2, -0.15) is 0 Å². The number of carbonyl (C=O) groups is 2. The number of esters is 1. The lowest BCUT2D eigenvalue weighted by Crippen LogP contribution is -2.39. The molecule has 0 saturated carbocycles. The molecule has 0 aliphatic heterocycles. The lowest BCUT2D eigenvalue weighted by atomic mass is 9.66. The Balaban J connectivity index is 2.56. The highest BCUT2D eigenvalue weighted by Gasteiger charge is 2.48. The van der Waals surface area contributed by atoms with Crippen molar-refractivity contribution in [3.8, 4) is 0 Å². The number of rotatable bonds is 3. The summed E-state index contributed by atoms with van der Waals surface area (Å²) >= 11 is 0. The number of hydrogen-bond donors (Lipinski definition) is 1. The van der Waals surface area contributed by atoms with Crippen molar-refractivity contribution in [2.24, 2.45) is 5.41 Å². The Morgan fingerprint density at radius 3 is 2.80 bits per heavy atom. The largest absolute Gasteiger partial charge is 0.511 e. The van der Waals surface area contributed by atoms with Crippen molar-refractivity contribution in [1.29, 1.82) is 0 Å². The first-order valence-electron chi connectivity index (χ1n) is 6.55. The molecule has 0 fully saturated rings. The molecule has 1 atom stereocenters. The van der Waals surface area contributed by atoms with Crippen LogP contribution in [0.2, 0.25) is 0 Å². The zero-order chi connectivity index (χ0) is 14.9. The van der Waals surface area contributed by atoms with Crippen LogP contribution in [0.5, 0.6) is 0 Å². The van der Waals surface area contributed by atoms with Crippen LogP contribution >= 0.6 is 0 Å². The van der Waals surface area contributed by atoms with E-state index in [1.165, 1.54) is 6.26 Å². The number of carbonyl (C=O) groups excluding carboxylic acids is 2. The molecule has 1 aromatic heterocycles. The van der Waals surface area contributed by atoms with Crippen LogP contribution in [0.15, 0.2) is 34.1 Å². The third kappa shape index (κ3) is 2.24. The van der Waals surface area contributed by atoms with Crippen molar-refractivity contribution >= 4 is 11.8 Å². The number of Topliss-reactive ketones (excluding diaryl/α,β-unsaturated/α-hetero) is 1. The smallest absolute Gasteiger partial charge is 0.338 e. The highest BCUT2D eigenvalue weighted by molar-refractivity contribution is 5.98. The second-order valence-corrected chi connectivity index (χ2v) is 5.35. The van der Waals surface area contributed by atoms with Crippen LogP contribution < -0.4 is 0 Å². The van der Waals surface area contributed by atoms with Gasteiger partial charge in [0.2, 0.25) is 0 Å². The van der Waals surface area contributed by atoms with Gasteiger partial charge in [-0.3, -0.25) is 4.79 Å². The number of ketones is 1. The molecule has 20 heavy (non-hydrogen) atoms. The van der Waals surface area contributed by atoms with Crippen LogP contribution in [0, 0.1) is 5.41 Å². The molecule has 1 aliphatic carbocycles. The SMILES string of the molecule is CCOC(=O)C1=C(O)CC(=O)C(C)(C)C1c1ccco1. The minimum Gasteiger partial charge on any atom is -0.511 e. The second kappa shape index (κ2) is 5.15. The summed E-state index contributed by atoms with van der Waals surface area (Å²) in [6.45, 7) is 5.38. The molecule has 2 rings (SSSR count). The summed E-state index contributed by atoms with van der Waals surface area (Å²) in [6.07, 6.45) is 1.32. The minimum absolute atomic E-state index is 0.117. The quantitative estimate of drug-likeness (QED) is 0.860. The van der Waals surface area contributed by atoms with E-state index in [-0.39, 0.29) is 30.1 Å². The summed E-state index contributed by atoms with van der Waals surface area (Å²) in [6, 6.07) is 3.38. The van der Waals surface area contributed by atoms with Crippen LogP contribution in [0.3, 0.4) is 0 Å². The first kappa shape index (κ1) is 14.4. The van der Waals surface area contributed by atoms with Crippen molar-refractivity contribution in [3.63, 3.8) is 0 Å². The fourth-order valence-electron chi connectivity index (χ4n) is 2.56. The van der Waals surface area contributed by atoms with Crippen LogP contribution in [-0.4, -0.2) is 23.5 Å². The summed E-state index contributed by atoms with van der Waals surface area (Å²) in [5.41, 5.74) is -0.724. The van der Waals surface area contributed by atoms with E-state index in [0.717, 1.165) is 0 Å². The Morgan fingerprint density at radius 1 is 1.55 bits per heavy atom. The van der Waals surface area contributed by atoms with E-state index in [9.17, 15) is 14.7 Å². The number of furan rings is 1. The van der Waals surface area contributed by atoms with Gasteiger partial charge in [0.15, 0.2) is 0 Å². The third-order valence-electron chi connectivity index (χ3n) is 3.69. The molecule has 0 aromatic carbocycles. The van der Waals surface area contributed by atoms with E-state index in [2.05, 4.69) is 0 Å². The molecule has 1 aromatic rings. The Morgan fingerprint density at radius 2 is 2.25 bits per heavy atom. The van der Waals surface area contributed by atoms with Crippen molar-refractivity contribution < 1.29 is 23.8 Å². The number of hydrogen-bond acceptors (Lipinski definition) is 5. The van der Waals surface area contributed by atoms with Crippen molar-refractivity contribution in [3.05, 3.63) is 35.5 Å². The predicted molar refractivity (Wildman–Crippen MR) is 71.1 cm³/mol. The summed E-state index contributed by atoms with van der Waals surface area (Å²) in [7, 11) is 0. The maximum atomic E-state index is 12.2. The van der Waals surface area contributed by atoms with Gasteiger partial charge in [-0.05, 0) is 19.1 Å². The Hall–Kier alpha value is -2.04. The molecular formula is C15H18O5. The van der Waals surface area contributed by atoms with Gasteiger partial charge in [0.25, 0.3) is 0 Å². The van der Waals surface area contributed by atoms with Crippen molar-refractivity contribution in [2.45, 2.75) is 33.1 Å². The van der Waals surface area contributed by atoms with Crippen LogP contribution in [0.1, 0.15) is 38.9 Å². The normalized spacial score (nSPS) is 21.9. The second-order valence-electron chi connectivity index (χ2n) is 5.35. The average molecular weight is 278 g/mol. The molecule has 1 unspecified atom stereocenters. The Bertz CT molecular complexity index is 551. The Kier molecular flexibility index (Phi) is 3.70. The van der Waals surface area contributed by atoms with E-state index in [1.807, 2.05) is 0 Å². The monoisotopic (exact) mass is 278 g/mol. The molecule has 108 valence electrons. The van der Waals surface area contributed by atoms with Gasteiger partial charge in [-0.25, -0.2) is 4.79 Å². The highest BCUT2D eigenvalue weighted by Crippen LogP contribution is 2.47. The van der Waals surface area contributed by atoms with E-state index >= 15 is 0 Å². The van der Waals surface area contributed by atoms with Gasteiger partial charge < -0.3 is 14.3 Å². The number of aliphatic hydroxyl groups excluding tert-OH is 1. The summed E-state index contributed by atoms with van der Waals surface area (Å²) in [5, 5.41) is 10.1. The van der Waals surface area contributed by atoms with Gasteiger partial charge in [-0.1, -0.05) is 13.8 Å². The van der Waals surface area contributed by atoms with Crippen LogP contribution in [0.4, 0.5) is 0 Å². The lowest BCUT2D eigenvalue weighted by molar-refractivity contribution is -0.140. The standard InChI is InChI=1S/C15H18O5/c1-4-19-14(18)12-9(16)8-11(17)15(2,3)13(12)10-6-5-7-20-10/h5-7,13,16H,4,8H2,1-3H3. The number of ether oxygens (including phenoxy) is 1. The maximum absolute atomic E-state index is 12.2. The molecule has 1 N–H and O–H groups in total. The van der Waals surface area contributed by atoms with E-state index in [1.54, 1.807) is 32.9 Å². The zero-order valence-corrected chi connectivity index (χ0v) is 11.8. The van der Waals surface area contributed by atoms with Gasteiger partial charge >= 0.3 is 5.97 Å². The molecule has 0 saturated heterocycles. The van der Waals surface area contributed by atoms with Crippen LogP contribution in [0.25, 0.3) is 0 Å². The average Bonchev–Trinajstić information content (AvgIpc) is 2.87. The van der Waals surface area contributed by atoms with Gasteiger partial charge in [-0.15, -0.1) is 0 Å². The number of allylic oxidation sites excluding steroid dienone is 1. The lowest BCUT2D eigenvalue weighted by Gasteiger charge is -2.36. The molecule has 5 nitrogen and oxygen atoms in total. The first-order chi connectivity index (χ1) is 9.39. The molecule has 0 bridgehead atoms. The van der Waals surface area contributed by atoms with E-state index in [4.69, 9.17) is 9.15 Å². The maximum Gasteiger partial charge on any atom is 0.338 e. The molecule has 1 aliphatic rings. The first-order valence-corrected chi connectivity index (χ1v) is 6.55. The molecule has 0 spiro atoms. The third-order valence-corrected chi connectivity index (χ3v) is 3.69. The van der Waals surface area contributed by atoms with Crippen molar-refractivity contribution in [2.75, 3.05) is 6.61 Å². The van der Waals surface area contributed by atoms with E-state index in [0.29, 0.717) is 5.76 Å². The molecule has 0 amide bonds. The summed E-state index contributed by atoms with van der Waals surface area (Å²) < 4.78 is 10.4. The molecule has 5 heteroatoms. The van der Waals surface area contributed by atoms with Crippen LogP contribution in [-0.2, 0) is 14.3 Å². The highest BCUT2D eigenvalue weighted by atomic mass is 16.5. The molecule has 0 radical (unpaired) electrons. The van der Waals surface area contributed by atoms with Crippen molar-refractivity contribution in [1.82, 2.24) is 0 Å². The van der Waals surface area contributed by atoms with Gasteiger partial charge in [0.05, 0.1) is 30.8 Å². The van der Waals surface area contributed by atoms with Gasteiger partial charge in [0, 0.05) is 5.41 Å². The summed E-state index contributed by atoms with van der Waals surface area (Å²) in [4.78, 5) is 24.3. The summed E-state index contributed by atoms with van der Waals surface area (Å²) in [5.74, 6) is -1.14. The molecule has 1 heterocycles. The van der Waals surface area contributed by atoms with E-state index < -0.39 is 17.3 Å². The fraction of sp³-hybridized carbons (Fsp3) is 0.467. The zero-order valence-electron chi connectivity index (χ0n) is 11.8. The number of aliphatic hydroxyl groups is 1. The topological polar surface area (TPSA) is 76.7 Å². The minimum atomic E-state index is -0.841.